The first-order chi connectivity index (χ1) is 14.3. The average Bonchev–Trinajstić information content (AvgIpc) is 3.48. The van der Waals surface area contributed by atoms with E-state index in [2.05, 4.69) is 62.3 Å². The lowest BCUT2D eigenvalue weighted by atomic mass is 9.89. The highest BCUT2D eigenvalue weighted by Gasteiger charge is 2.99. The minimum absolute atomic E-state index is 0.571. The Bertz CT molecular complexity index is 688. The van der Waals surface area contributed by atoms with Crippen molar-refractivity contribution in [2.24, 2.45) is 51.8 Å². The van der Waals surface area contributed by atoms with E-state index in [4.69, 9.17) is 0 Å². The molecular formula is C30H51S+. The Morgan fingerprint density at radius 2 is 0.710 bits per heavy atom. The zero-order valence-corrected chi connectivity index (χ0v) is 23.1. The normalized spacial score (nSPS) is 58.4. The third kappa shape index (κ3) is 2.20. The van der Waals surface area contributed by atoms with Crippen LogP contribution in [0, 0.1) is 51.8 Å². The van der Waals surface area contributed by atoms with Crippen molar-refractivity contribution in [1.29, 1.82) is 0 Å². The maximum atomic E-state index is 2.73. The topological polar surface area (TPSA) is 0 Å². The highest BCUT2D eigenvalue weighted by molar-refractivity contribution is 8.01. The maximum absolute atomic E-state index is 2.73. The Kier molecular flexibility index (Phi) is 4.19. The molecule has 6 aliphatic carbocycles. The molecule has 0 amide bonds. The highest BCUT2D eigenvalue weighted by Crippen LogP contribution is 2.90. The van der Waals surface area contributed by atoms with Crippen molar-refractivity contribution in [2.75, 3.05) is 0 Å². The number of rotatable bonds is 3. The van der Waals surface area contributed by atoms with Gasteiger partial charge in [-0.2, -0.15) is 0 Å². The molecule has 9 atom stereocenters. The van der Waals surface area contributed by atoms with Crippen LogP contribution < -0.4 is 0 Å². The van der Waals surface area contributed by atoms with Gasteiger partial charge in [0, 0.05) is 64.2 Å². The van der Waals surface area contributed by atoms with Crippen molar-refractivity contribution in [3.63, 3.8) is 0 Å². The first-order valence-corrected chi connectivity index (χ1v) is 15.3. The lowest BCUT2D eigenvalue weighted by Gasteiger charge is -2.44. The lowest BCUT2D eigenvalue weighted by molar-refractivity contribution is 0.346. The van der Waals surface area contributed by atoms with Crippen LogP contribution in [0.2, 0.25) is 0 Å². The Hall–Kier alpha value is 0.350. The van der Waals surface area contributed by atoms with Crippen LogP contribution in [0.1, 0.15) is 120 Å². The third-order valence-corrected chi connectivity index (χ3v) is 18.3. The molecule has 0 aromatic rings. The molecule has 0 aromatic carbocycles. The summed E-state index contributed by atoms with van der Waals surface area (Å²) in [6.07, 6.45) is 13.8. The summed E-state index contributed by atoms with van der Waals surface area (Å²) in [5.74, 6) is 5.90. The molecule has 6 saturated carbocycles. The van der Waals surface area contributed by atoms with Crippen LogP contribution in [0.4, 0.5) is 0 Å². The SMILES string of the molecule is CC1CCC2C(C)(C)C2([S+](C23CC(C)CCC2C3(C)C)C23CC(C)CCC2C3(C)C)C1. The zero-order chi connectivity index (χ0) is 22.4. The van der Waals surface area contributed by atoms with Crippen LogP contribution in [0.5, 0.6) is 0 Å². The Morgan fingerprint density at radius 3 is 0.968 bits per heavy atom. The van der Waals surface area contributed by atoms with Gasteiger partial charge in [-0.25, -0.2) is 0 Å². The molecule has 0 N–H and O–H groups in total. The second-order valence-electron chi connectivity index (χ2n) is 15.5. The van der Waals surface area contributed by atoms with E-state index in [-0.39, 0.29) is 0 Å². The Labute approximate surface area is 196 Å². The van der Waals surface area contributed by atoms with Crippen LogP contribution in [0.15, 0.2) is 0 Å². The van der Waals surface area contributed by atoms with Gasteiger partial charge in [-0.1, -0.05) is 81.6 Å². The van der Waals surface area contributed by atoms with Crippen molar-refractivity contribution in [3.05, 3.63) is 0 Å². The van der Waals surface area contributed by atoms with E-state index >= 15 is 0 Å². The molecule has 1 heteroatoms. The molecule has 6 rings (SSSR count). The van der Waals surface area contributed by atoms with Crippen molar-refractivity contribution in [1.82, 2.24) is 0 Å². The summed E-state index contributed by atoms with van der Waals surface area (Å²) in [4.78, 5) is 0. The molecule has 0 nitrogen and oxygen atoms in total. The van der Waals surface area contributed by atoms with E-state index in [1.165, 1.54) is 38.5 Å². The van der Waals surface area contributed by atoms with E-state index in [9.17, 15) is 0 Å². The minimum atomic E-state index is 0.571. The molecule has 176 valence electrons. The average molecular weight is 444 g/mol. The smallest absolute Gasteiger partial charge is 0.0623 e. The van der Waals surface area contributed by atoms with Crippen LogP contribution in [0.3, 0.4) is 0 Å². The summed E-state index contributed by atoms with van der Waals surface area (Å²) in [6.45, 7) is 24.2. The van der Waals surface area contributed by atoms with Crippen LogP contribution >= 0.6 is 0 Å². The van der Waals surface area contributed by atoms with Gasteiger partial charge in [-0.3, -0.25) is 0 Å². The first-order valence-electron chi connectivity index (χ1n) is 14.1. The quantitative estimate of drug-likeness (QED) is 0.385. The molecule has 31 heavy (non-hydrogen) atoms. The molecule has 6 aliphatic rings. The van der Waals surface area contributed by atoms with Crippen molar-refractivity contribution >= 4 is 10.9 Å². The number of fused-ring (bicyclic) bond motifs is 3. The lowest BCUT2D eigenvalue weighted by Crippen LogP contribution is -2.55. The summed E-state index contributed by atoms with van der Waals surface area (Å²) in [6, 6.07) is 0. The van der Waals surface area contributed by atoms with Crippen LogP contribution in [-0.2, 0) is 10.9 Å². The molecule has 9 unspecified atom stereocenters. The molecule has 0 bridgehead atoms. The van der Waals surface area contributed by atoms with Crippen molar-refractivity contribution < 1.29 is 0 Å². The summed E-state index contributed by atoms with van der Waals surface area (Å²) in [7, 11) is 0.571. The Morgan fingerprint density at radius 1 is 0.452 bits per heavy atom. The van der Waals surface area contributed by atoms with Gasteiger partial charge in [-0.05, 0) is 37.0 Å². The maximum Gasteiger partial charge on any atom is 0.138 e. The molecule has 0 heterocycles. The second kappa shape index (κ2) is 5.94. The summed E-state index contributed by atoms with van der Waals surface area (Å²) < 4.78 is 1.99. The molecular weight excluding hydrogens is 392 g/mol. The largest absolute Gasteiger partial charge is 0.138 e. The van der Waals surface area contributed by atoms with Gasteiger partial charge in [0.05, 0.1) is 0 Å². The molecule has 0 spiro atoms. The molecule has 0 aromatic heterocycles. The second-order valence-corrected chi connectivity index (χ2v) is 18.3. The number of hydrogen-bond donors (Lipinski definition) is 0. The molecule has 0 radical (unpaired) electrons. The predicted octanol–water partition coefficient (Wildman–Crippen LogP) is 8.25. The first kappa shape index (κ1) is 21.9. The fraction of sp³-hybridized carbons (Fsp3) is 1.00. The fourth-order valence-corrected chi connectivity index (χ4v) is 18.6. The Balaban J connectivity index is 1.56. The monoisotopic (exact) mass is 443 g/mol. The van der Waals surface area contributed by atoms with Gasteiger partial charge in [0.25, 0.3) is 0 Å². The highest BCUT2D eigenvalue weighted by atomic mass is 32.2. The fourth-order valence-electron chi connectivity index (χ4n) is 11.4. The van der Waals surface area contributed by atoms with Gasteiger partial charge in [-0.15, -0.1) is 0 Å². The molecule has 6 fully saturated rings. The van der Waals surface area contributed by atoms with E-state index in [1.807, 2.05) is 0 Å². The van der Waals surface area contributed by atoms with Crippen molar-refractivity contribution in [2.45, 2.75) is 134 Å². The van der Waals surface area contributed by atoms with E-state index in [0.29, 0.717) is 41.4 Å². The predicted molar refractivity (Wildman–Crippen MR) is 136 cm³/mol. The van der Waals surface area contributed by atoms with E-state index in [1.54, 1.807) is 19.3 Å². The van der Waals surface area contributed by atoms with Gasteiger partial charge in [0.2, 0.25) is 0 Å². The van der Waals surface area contributed by atoms with Crippen molar-refractivity contribution in [3.8, 4) is 0 Å². The zero-order valence-electron chi connectivity index (χ0n) is 22.2. The van der Waals surface area contributed by atoms with Crippen LogP contribution in [0.25, 0.3) is 0 Å². The third-order valence-electron chi connectivity index (χ3n) is 13.2. The molecule has 0 aliphatic heterocycles. The van der Waals surface area contributed by atoms with Gasteiger partial charge in [0.1, 0.15) is 14.2 Å². The summed E-state index contributed by atoms with van der Waals surface area (Å²) in [5, 5.41) is 0. The van der Waals surface area contributed by atoms with E-state index in [0.717, 1.165) is 35.5 Å². The molecule has 0 saturated heterocycles. The summed E-state index contributed by atoms with van der Waals surface area (Å²) >= 11 is 0. The number of hydrogen-bond acceptors (Lipinski definition) is 0. The standard InChI is InChI=1S/C30H51S/c1-19-10-13-22-25(4,5)28(22,16-19)31(29-17-20(2)11-14-23(29)26(29,6)7)30-18-21(3)12-15-24(30)27(30,8)9/h19-24H,10-18H2,1-9H3/q+1. The summed E-state index contributed by atoms with van der Waals surface area (Å²) in [5.41, 5.74) is 1.74. The van der Waals surface area contributed by atoms with Gasteiger partial charge < -0.3 is 0 Å². The van der Waals surface area contributed by atoms with Crippen LogP contribution in [-0.4, -0.2) is 14.2 Å². The van der Waals surface area contributed by atoms with Gasteiger partial charge >= 0.3 is 0 Å². The van der Waals surface area contributed by atoms with Gasteiger partial charge in [0.15, 0.2) is 0 Å². The van der Waals surface area contributed by atoms with E-state index < -0.39 is 0 Å². The minimum Gasteiger partial charge on any atom is -0.0623 e.